The van der Waals surface area contributed by atoms with Crippen LogP contribution in [0.15, 0.2) is 66.7 Å². The van der Waals surface area contributed by atoms with Gasteiger partial charge in [0.15, 0.2) is 0 Å². The summed E-state index contributed by atoms with van der Waals surface area (Å²) in [5, 5.41) is 2.91. The molecule has 1 saturated heterocycles. The summed E-state index contributed by atoms with van der Waals surface area (Å²) in [5.41, 5.74) is 5.25. The molecule has 0 saturated carbocycles. The summed E-state index contributed by atoms with van der Waals surface area (Å²) in [6.45, 7) is 5.62. The lowest BCUT2D eigenvalue weighted by Gasteiger charge is -2.32. The van der Waals surface area contributed by atoms with Gasteiger partial charge in [-0.3, -0.25) is 4.79 Å². The third-order valence-corrected chi connectivity index (χ3v) is 7.42. The molecule has 0 atom stereocenters. The van der Waals surface area contributed by atoms with E-state index in [9.17, 15) is 4.79 Å². The molecule has 3 aromatic carbocycles. The number of aromatic nitrogens is 2. The Hall–Kier alpha value is -3.84. The molecule has 7 heteroatoms. The number of anilines is 1. The van der Waals surface area contributed by atoms with Crippen LogP contribution in [0.25, 0.3) is 22.4 Å². The predicted octanol–water partition coefficient (Wildman–Crippen LogP) is 5.95. The molecule has 38 heavy (non-hydrogen) atoms. The van der Waals surface area contributed by atoms with Gasteiger partial charge in [-0.15, -0.1) is 0 Å². The zero-order valence-electron chi connectivity index (χ0n) is 22.4. The van der Waals surface area contributed by atoms with Gasteiger partial charge in [0, 0.05) is 19.2 Å². The smallest absolute Gasteiger partial charge is 0.221 e. The topological polar surface area (TPSA) is 68.6 Å². The van der Waals surface area contributed by atoms with E-state index < -0.39 is 0 Å². The van der Waals surface area contributed by atoms with E-state index in [-0.39, 0.29) is 5.91 Å². The first-order valence-corrected chi connectivity index (χ1v) is 13.3. The number of piperidine rings is 1. The molecule has 1 amide bonds. The van der Waals surface area contributed by atoms with Crippen LogP contribution < -0.4 is 14.8 Å². The number of para-hydroxylation sites is 2. The third kappa shape index (κ3) is 5.68. The third-order valence-electron chi connectivity index (χ3n) is 7.42. The number of amides is 1. The van der Waals surface area contributed by atoms with Crippen molar-refractivity contribution in [2.75, 3.05) is 39.2 Å². The van der Waals surface area contributed by atoms with Crippen molar-refractivity contribution in [2.45, 2.75) is 38.6 Å². The number of methoxy groups -OCH3 is 2. The monoisotopic (exact) mass is 512 g/mol. The minimum Gasteiger partial charge on any atom is -0.497 e. The van der Waals surface area contributed by atoms with Gasteiger partial charge in [-0.1, -0.05) is 24.3 Å². The van der Waals surface area contributed by atoms with Gasteiger partial charge in [-0.2, -0.15) is 0 Å². The minimum absolute atomic E-state index is 0.0318. The summed E-state index contributed by atoms with van der Waals surface area (Å²) in [6, 6.07) is 22.5. The number of nitrogens with zero attached hydrogens (tertiary/aromatic N) is 3. The number of benzene rings is 3. The van der Waals surface area contributed by atoms with Crippen LogP contribution in [0, 0.1) is 0 Å². The van der Waals surface area contributed by atoms with Crippen LogP contribution in [0.5, 0.6) is 11.5 Å². The van der Waals surface area contributed by atoms with Gasteiger partial charge in [0.2, 0.25) is 5.91 Å². The summed E-state index contributed by atoms with van der Waals surface area (Å²) in [7, 11) is 3.37. The number of imidazole rings is 1. The fourth-order valence-corrected chi connectivity index (χ4v) is 5.51. The lowest BCUT2D eigenvalue weighted by Crippen LogP contribution is -2.34. The highest BCUT2D eigenvalue weighted by molar-refractivity contribution is 5.88. The Balaban J connectivity index is 1.26. The van der Waals surface area contributed by atoms with Crippen molar-refractivity contribution in [3.05, 3.63) is 72.3 Å². The van der Waals surface area contributed by atoms with E-state index in [1.807, 2.05) is 36.4 Å². The Morgan fingerprint density at radius 2 is 1.79 bits per heavy atom. The number of carbonyl (C=O) groups is 1. The van der Waals surface area contributed by atoms with Gasteiger partial charge in [0.25, 0.3) is 0 Å². The van der Waals surface area contributed by atoms with Gasteiger partial charge in [-0.05, 0) is 92.8 Å². The van der Waals surface area contributed by atoms with E-state index in [2.05, 4.69) is 45.1 Å². The molecule has 5 rings (SSSR count). The first-order valence-electron chi connectivity index (χ1n) is 13.3. The Bertz CT molecular complexity index is 1410. The zero-order valence-corrected chi connectivity index (χ0v) is 22.4. The molecule has 1 aliphatic heterocycles. The van der Waals surface area contributed by atoms with Crippen LogP contribution in [-0.2, 0) is 11.3 Å². The molecule has 4 aromatic rings. The average Bonchev–Trinajstić information content (AvgIpc) is 3.31. The summed E-state index contributed by atoms with van der Waals surface area (Å²) >= 11 is 0. The standard InChI is InChI=1S/C31H36N4O3/c1-22(36)32-25-9-6-8-24(20-25)23-14-18-34(19-15-23)16-7-17-35-29-11-5-4-10-28(29)33-31(35)27-21-26(37-2)12-13-30(27)38-3/h4-6,8-13,20-21,23H,7,14-19H2,1-3H3,(H,32,36). The number of ether oxygens (including phenoxy) is 2. The Morgan fingerprint density at radius 3 is 2.55 bits per heavy atom. The number of fused-ring (bicyclic) bond motifs is 1. The lowest BCUT2D eigenvalue weighted by atomic mass is 9.89. The molecule has 1 aromatic heterocycles. The van der Waals surface area contributed by atoms with E-state index in [4.69, 9.17) is 14.5 Å². The zero-order chi connectivity index (χ0) is 26.5. The van der Waals surface area contributed by atoms with E-state index in [0.29, 0.717) is 5.92 Å². The Labute approximate surface area is 224 Å². The Kier molecular flexibility index (Phi) is 7.94. The number of carbonyl (C=O) groups excluding carboxylic acids is 1. The quantitative estimate of drug-likeness (QED) is 0.300. The molecule has 0 spiro atoms. The normalized spacial score (nSPS) is 14.5. The minimum atomic E-state index is -0.0318. The van der Waals surface area contributed by atoms with Gasteiger partial charge in [-0.25, -0.2) is 4.98 Å². The molecule has 7 nitrogen and oxygen atoms in total. The van der Waals surface area contributed by atoms with Crippen molar-refractivity contribution in [3.63, 3.8) is 0 Å². The molecule has 1 aliphatic rings. The van der Waals surface area contributed by atoms with Crippen LogP contribution in [0.4, 0.5) is 5.69 Å². The summed E-state index contributed by atoms with van der Waals surface area (Å²) in [5.74, 6) is 2.97. The summed E-state index contributed by atoms with van der Waals surface area (Å²) in [4.78, 5) is 19.0. The van der Waals surface area contributed by atoms with E-state index in [1.165, 1.54) is 5.56 Å². The molecular formula is C31H36N4O3. The lowest BCUT2D eigenvalue weighted by molar-refractivity contribution is -0.114. The maximum atomic E-state index is 11.4. The number of nitrogens with one attached hydrogen (secondary N) is 1. The van der Waals surface area contributed by atoms with Crippen LogP contribution in [0.2, 0.25) is 0 Å². The molecule has 198 valence electrons. The SMILES string of the molecule is COc1ccc(OC)c(-c2nc3ccccc3n2CCCN2CCC(c3cccc(NC(C)=O)c3)CC2)c1. The molecule has 2 heterocycles. The molecular weight excluding hydrogens is 476 g/mol. The van der Waals surface area contributed by atoms with Gasteiger partial charge >= 0.3 is 0 Å². The molecule has 1 N–H and O–H groups in total. The molecule has 0 aliphatic carbocycles. The molecule has 0 bridgehead atoms. The Morgan fingerprint density at radius 1 is 0.974 bits per heavy atom. The van der Waals surface area contributed by atoms with Gasteiger partial charge in [0.1, 0.15) is 17.3 Å². The van der Waals surface area contributed by atoms with Crippen molar-refractivity contribution >= 4 is 22.6 Å². The second-order valence-electron chi connectivity index (χ2n) is 9.92. The summed E-state index contributed by atoms with van der Waals surface area (Å²) in [6.07, 6.45) is 3.29. The van der Waals surface area contributed by atoms with Crippen molar-refractivity contribution in [3.8, 4) is 22.9 Å². The largest absolute Gasteiger partial charge is 0.497 e. The number of likely N-dealkylation sites (tertiary alicyclic amines) is 1. The number of rotatable bonds is 9. The van der Waals surface area contributed by atoms with Crippen LogP contribution in [0.3, 0.4) is 0 Å². The molecule has 0 radical (unpaired) electrons. The van der Waals surface area contributed by atoms with Crippen LogP contribution in [0.1, 0.15) is 37.7 Å². The van der Waals surface area contributed by atoms with Crippen molar-refractivity contribution in [2.24, 2.45) is 0 Å². The van der Waals surface area contributed by atoms with Crippen molar-refractivity contribution < 1.29 is 14.3 Å². The highest BCUT2D eigenvalue weighted by Gasteiger charge is 2.22. The molecule has 1 fully saturated rings. The van der Waals surface area contributed by atoms with E-state index in [1.54, 1.807) is 21.1 Å². The van der Waals surface area contributed by atoms with Crippen molar-refractivity contribution in [1.29, 1.82) is 0 Å². The van der Waals surface area contributed by atoms with Gasteiger partial charge in [0.05, 0.1) is 30.8 Å². The maximum absolute atomic E-state index is 11.4. The highest BCUT2D eigenvalue weighted by atomic mass is 16.5. The first-order chi connectivity index (χ1) is 18.6. The summed E-state index contributed by atoms with van der Waals surface area (Å²) < 4.78 is 13.5. The predicted molar refractivity (Wildman–Crippen MR) is 152 cm³/mol. The van der Waals surface area contributed by atoms with Crippen molar-refractivity contribution in [1.82, 2.24) is 14.5 Å². The second kappa shape index (κ2) is 11.7. The van der Waals surface area contributed by atoms with Crippen LogP contribution in [-0.4, -0.2) is 54.2 Å². The number of hydrogen-bond donors (Lipinski definition) is 1. The number of hydrogen-bond acceptors (Lipinski definition) is 5. The fourth-order valence-electron chi connectivity index (χ4n) is 5.51. The number of aryl methyl sites for hydroxylation is 1. The maximum Gasteiger partial charge on any atom is 0.221 e. The van der Waals surface area contributed by atoms with Crippen LogP contribution >= 0.6 is 0 Å². The van der Waals surface area contributed by atoms with E-state index >= 15 is 0 Å². The highest BCUT2D eigenvalue weighted by Crippen LogP contribution is 2.35. The molecule has 0 unspecified atom stereocenters. The first kappa shape index (κ1) is 25.8. The van der Waals surface area contributed by atoms with Gasteiger partial charge < -0.3 is 24.3 Å². The van der Waals surface area contributed by atoms with E-state index in [0.717, 1.165) is 85.0 Å². The fraction of sp³-hybridized carbons (Fsp3) is 0.355. The average molecular weight is 513 g/mol. The second-order valence-corrected chi connectivity index (χ2v) is 9.92.